The predicted octanol–water partition coefficient (Wildman–Crippen LogP) is -0.288. The fraction of sp³-hybridized carbons (Fsp3) is 0.556. The first kappa shape index (κ1) is 13.7. The van der Waals surface area contributed by atoms with Gasteiger partial charge in [-0.2, -0.15) is 0 Å². The fourth-order valence-electron chi connectivity index (χ4n) is 1.26. The summed E-state index contributed by atoms with van der Waals surface area (Å²) in [6, 6.07) is 1.61. The molecule has 1 rings (SSSR count). The van der Waals surface area contributed by atoms with Crippen molar-refractivity contribution >= 4 is 21.7 Å². The number of rotatable bonds is 6. The van der Waals surface area contributed by atoms with Crippen molar-refractivity contribution in [1.29, 1.82) is 0 Å². The summed E-state index contributed by atoms with van der Waals surface area (Å²) in [6.45, 7) is 2.40. The highest BCUT2D eigenvalue weighted by molar-refractivity contribution is 7.89. The van der Waals surface area contributed by atoms with Crippen LogP contribution >= 0.6 is 0 Å². The minimum absolute atomic E-state index is 0.0544. The van der Waals surface area contributed by atoms with Crippen LogP contribution in [0.5, 0.6) is 0 Å². The van der Waals surface area contributed by atoms with E-state index in [0.717, 1.165) is 0 Å². The fourth-order valence-corrected chi connectivity index (χ4v) is 1.80. The Labute approximate surface area is 101 Å². The number of hydrogen-bond donors (Lipinski definition) is 3. The van der Waals surface area contributed by atoms with E-state index in [1.54, 1.807) is 6.07 Å². The number of sulfonamides is 1. The van der Waals surface area contributed by atoms with Crippen LogP contribution in [0.1, 0.15) is 19.2 Å². The van der Waals surface area contributed by atoms with Crippen molar-refractivity contribution in [3.8, 4) is 0 Å². The average molecular weight is 259 g/mol. The van der Waals surface area contributed by atoms with Crippen LogP contribution < -0.4 is 16.2 Å². The largest absolute Gasteiger partial charge is 0.384 e. The van der Waals surface area contributed by atoms with E-state index in [1.165, 1.54) is 0 Å². The maximum absolute atomic E-state index is 10.7. The predicted molar refractivity (Wildman–Crippen MR) is 66.9 cm³/mol. The maximum Gasteiger partial charge on any atom is 0.209 e. The molecule has 0 spiro atoms. The van der Waals surface area contributed by atoms with Gasteiger partial charge in [0.2, 0.25) is 10.0 Å². The van der Waals surface area contributed by atoms with Crippen LogP contribution in [0.3, 0.4) is 0 Å². The van der Waals surface area contributed by atoms with Gasteiger partial charge in [-0.15, -0.1) is 0 Å². The number of nitrogen functional groups attached to an aromatic ring is 1. The summed E-state index contributed by atoms with van der Waals surface area (Å²) in [5.74, 6) is 1.59. The lowest BCUT2D eigenvalue weighted by atomic mass is 10.4. The molecule has 0 radical (unpaired) electrons. The van der Waals surface area contributed by atoms with Crippen LogP contribution in [0.25, 0.3) is 0 Å². The van der Waals surface area contributed by atoms with Gasteiger partial charge in [-0.3, -0.25) is 0 Å². The zero-order valence-corrected chi connectivity index (χ0v) is 10.5. The SMILES string of the molecule is CCc1nc(N)cc(NCCCS(N)(=O)=O)n1. The Bertz CT molecular complexity index is 474. The second-order valence-electron chi connectivity index (χ2n) is 3.60. The van der Waals surface area contributed by atoms with Crippen LogP contribution in [-0.4, -0.2) is 30.7 Å². The van der Waals surface area contributed by atoms with E-state index in [9.17, 15) is 8.42 Å². The van der Waals surface area contributed by atoms with Crippen molar-refractivity contribution in [2.45, 2.75) is 19.8 Å². The highest BCUT2D eigenvalue weighted by Crippen LogP contribution is 2.08. The Balaban J connectivity index is 2.49. The molecule has 0 aliphatic rings. The third-order valence-corrected chi connectivity index (χ3v) is 2.88. The smallest absolute Gasteiger partial charge is 0.209 e. The molecule has 0 saturated heterocycles. The molecule has 1 heterocycles. The zero-order chi connectivity index (χ0) is 12.9. The number of aryl methyl sites for hydroxylation is 1. The summed E-state index contributed by atoms with van der Waals surface area (Å²) in [5, 5.41) is 7.87. The number of anilines is 2. The molecule has 0 aliphatic heterocycles. The van der Waals surface area contributed by atoms with Crippen molar-refractivity contribution in [2.24, 2.45) is 5.14 Å². The summed E-state index contributed by atoms with van der Waals surface area (Å²) in [6.07, 6.45) is 1.11. The van der Waals surface area contributed by atoms with Crippen LogP contribution in [0, 0.1) is 0 Å². The molecule has 0 unspecified atom stereocenters. The van der Waals surface area contributed by atoms with E-state index in [-0.39, 0.29) is 5.75 Å². The molecule has 7 nitrogen and oxygen atoms in total. The van der Waals surface area contributed by atoms with Crippen molar-refractivity contribution in [3.05, 3.63) is 11.9 Å². The molecule has 1 aromatic heterocycles. The highest BCUT2D eigenvalue weighted by atomic mass is 32.2. The van der Waals surface area contributed by atoms with E-state index in [0.29, 0.717) is 36.8 Å². The van der Waals surface area contributed by atoms with E-state index in [2.05, 4.69) is 15.3 Å². The quantitative estimate of drug-likeness (QED) is 0.603. The van der Waals surface area contributed by atoms with Crippen molar-refractivity contribution < 1.29 is 8.42 Å². The van der Waals surface area contributed by atoms with Gasteiger partial charge in [-0.05, 0) is 6.42 Å². The molecule has 0 saturated carbocycles. The molecular formula is C9H17N5O2S. The summed E-state index contributed by atoms with van der Waals surface area (Å²) in [5.41, 5.74) is 5.60. The lowest BCUT2D eigenvalue weighted by Gasteiger charge is -2.07. The summed E-state index contributed by atoms with van der Waals surface area (Å²) in [7, 11) is -3.40. The Morgan fingerprint density at radius 3 is 2.71 bits per heavy atom. The van der Waals surface area contributed by atoms with Crippen LogP contribution in [0.15, 0.2) is 6.07 Å². The first-order valence-electron chi connectivity index (χ1n) is 5.28. The van der Waals surface area contributed by atoms with Gasteiger partial charge in [0.15, 0.2) is 0 Å². The monoisotopic (exact) mass is 259 g/mol. The third kappa shape index (κ3) is 5.45. The Morgan fingerprint density at radius 2 is 2.12 bits per heavy atom. The lowest BCUT2D eigenvalue weighted by molar-refractivity contribution is 0.595. The summed E-state index contributed by atoms with van der Waals surface area (Å²) < 4.78 is 21.4. The Kier molecular flexibility index (Phi) is 4.64. The van der Waals surface area contributed by atoms with E-state index >= 15 is 0 Å². The number of nitrogens with one attached hydrogen (secondary N) is 1. The second kappa shape index (κ2) is 5.78. The molecule has 0 amide bonds. The molecule has 0 fully saturated rings. The summed E-state index contributed by atoms with van der Waals surface area (Å²) >= 11 is 0. The van der Waals surface area contributed by atoms with Gasteiger partial charge in [0.25, 0.3) is 0 Å². The molecule has 17 heavy (non-hydrogen) atoms. The highest BCUT2D eigenvalue weighted by Gasteiger charge is 2.03. The third-order valence-electron chi connectivity index (χ3n) is 2.02. The normalized spacial score (nSPS) is 11.4. The second-order valence-corrected chi connectivity index (χ2v) is 5.33. The number of primary sulfonamides is 1. The van der Waals surface area contributed by atoms with Gasteiger partial charge in [0.05, 0.1) is 5.75 Å². The molecule has 0 aliphatic carbocycles. The molecule has 5 N–H and O–H groups in total. The molecule has 0 aromatic carbocycles. The van der Waals surface area contributed by atoms with Crippen molar-refractivity contribution in [3.63, 3.8) is 0 Å². The van der Waals surface area contributed by atoms with Gasteiger partial charge in [-0.1, -0.05) is 6.92 Å². The van der Waals surface area contributed by atoms with Gasteiger partial charge in [0, 0.05) is 19.0 Å². The Hall–Kier alpha value is -1.41. The van der Waals surface area contributed by atoms with Crippen LogP contribution in [0.4, 0.5) is 11.6 Å². The molecule has 96 valence electrons. The lowest BCUT2D eigenvalue weighted by Crippen LogP contribution is -2.19. The van der Waals surface area contributed by atoms with E-state index in [4.69, 9.17) is 10.9 Å². The molecular weight excluding hydrogens is 242 g/mol. The van der Waals surface area contributed by atoms with Gasteiger partial charge >= 0.3 is 0 Å². The number of nitrogens with zero attached hydrogens (tertiary/aromatic N) is 2. The van der Waals surface area contributed by atoms with Crippen molar-refractivity contribution in [1.82, 2.24) is 9.97 Å². The van der Waals surface area contributed by atoms with Crippen LogP contribution in [-0.2, 0) is 16.4 Å². The topological polar surface area (TPSA) is 124 Å². The van der Waals surface area contributed by atoms with Crippen LogP contribution in [0.2, 0.25) is 0 Å². The first-order chi connectivity index (χ1) is 7.90. The zero-order valence-electron chi connectivity index (χ0n) is 9.68. The minimum Gasteiger partial charge on any atom is -0.384 e. The summed E-state index contributed by atoms with van der Waals surface area (Å²) in [4.78, 5) is 8.23. The molecule has 1 aromatic rings. The van der Waals surface area contributed by atoms with E-state index in [1.807, 2.05) is 6.92 Å². The number of nitrogens with two attached hydrogens (primary N) is 2. The van der Waals surface area contributed by atoms with Gasteiger partial charge < -0.3 is 11.1 Å². The first-order valence-corrected chi connectivity index (χ1v) is 7.00. The van der Waals surface area contributed by atoms with Crippen molar-refractivity contribution in [2.75, 3.05) is 23.3 Å². The van der Waals surface area contributed by atoms with Gasteiger partial charge in [-0.25, -0.2) is 23.5 Å². The van der Waals surface area contributed by atoms with Gasteiger partial charge in [0.1, 0.15) is 17.5 Å². The maximum atomic E-state index is 10.7. The average Bonchev–Trinajstić information content (AvgIpc) is 2.22. The number of hydrogen-bond acceptors (Lipinski definition) is 6. The standard InChI is InChI=1S/C9H17N5O2S/c1-2-8-13-7(10)6-9(14-8)12-4-3-5-17(11,15)16/h6H,2-5H2,1H3,(H2,11,15,16)(H3,10,12,13,14). The van der Waals surface area contributed by atoms with E-state index < -0.39 is 10.0 Å². The molecule has 0 atom stereocenters. The number of aromatic nitrogens is 2. The molecule has 0 bridgehead atoms. The minimum atomic E-state index is -3.40. The Morgan fingerprint density at radius 1 is 1.41 bits per heavy atom. The molecule has 8 heteroatoms.